The summed E-state index contributed by atoms with van der Waals surface area (Å²) in [5.74, 6) is 0.494. The van der Waals surface area contributed by atoms with Crippen LogP contribution in [0.5, 0.6) is 0 Å². The first-order valence-electron chi connectivity index (χ1n) is 4.90. The van der Waals surface area contributed by atoms with Crippen molar-refractivity contribution in [2.75, 3.05) is 0 Å². The van der Waals surface area contributed by atoms with E-state index >= 15 is 0 Å². The molecule has 78 valence electrons. The van der Waals surface area contributed by atoms with Crippen LogP contribution in [0.25, 0.3) is 0 Å². The fraction of sp³-hybridized carbons (Fsp3) is 0.500. The van der Waals surface area contributed by atoms with Crippen LogP contribution >= 0.6 is 15.9 Å². The van der Waals surface area contributed by atoms with Gasteiger partial charge in [0, 0.05) is 4.47 Å². The molecule has 1 nitrogen and oxygen atoms in total. The Hall–Kier alpha value is -0.340. The molecule has 2 heteroatoms. The van der Waals surface area contributed by atoms with Crippen LogP contribution in [-0.2, 0) is 5.60 Å². The van der Waals surface area contributed by atoms with Crippen molar-refractivity contribution in [1.29, 1.82) is 0 Å². The van der Waals surface area contributed by atoms with Crippen LogP contribution < -0.4 is 0 Å². The second kappa shape index (κ2) is 4.45. The monoisotopic (exact) mass is 256 g/mol. The van der Waals surface area contributed by atoms with Crippen molar-refractivity contribution in [2.24, 2.45) is 5.92 Å². The second-order valence-electron chi connectivity index (χ2n) is 4.38. The van der Waals surface area contributed by atoms with Crippen LogP contribution in [0.4, 0.5) is 0 Å². The van der Waals surface area contributed by atoms with E-state index in [-0.39, 0.29) is 0 Å². The molecule has 0 aromatic heterocycles. The van der Waals surface area contributed by atoms with E-state index in [1.165, 1.54) is 0 Å². The van der Waals surface area contributed by atoms with Crippen LogP contribution in [0, 0.1) is 5.92 Å². The Bertz CT molecular complexity index is 288. The van der Waals surface area contributed by atoms with E-state index in [9.17, 15) is 5.11 Å². The maximum Gasteiger partial charge on any atom is 0.0871 e. The molecule has 0 saturated carbocycles. The third-order valence-electron chi connectivity index (χ3n) is 2.27. The van der Waals surface area contributed by atoms with Crippen LogP contribution in [0.1, 0.15) is 32.8 Å². The zero-order chi connectivity index (χ0) is 10.8. The predicted octanol–water partition coefficient (Wildman–Crippen LogP) is 3.70. The van der Waals surface area contributed by atoms with Gasteiger partial charge in [-0.05, 0) is 37.0 Å². The lowest BCUT2D eigenvalue weighted by atomic mass is 9.87. The molecule has 1 aromatic rings. The van der Waals surface area contributed by atoms with Gasteiger partial charge < -0.3 is 5.11 Å². The van der Waals surface area contributed by atoms with Gasteiger partial charge >= 0.3 is 0 Å². The summed E-state index contributed by atoms with van der Waals surface area (Å²) < 4.78 is 1.04. The lowest BCUT2D eigenvalue weighted by Crippen LogP contribution is -2.23. The molecule has 0 saturated heterocycles. The summed E-state index contributed by atoms with van der Waals surface area (Å²) in [5.41, 5.74) is 0.268. The second-order valence-corrected chi connectivity index (χ2v) is 5.29. The standard InChI is InChI=1S/C12H17BrO/c1-9(2)8-12(3,14)10-4-6-11(13)7-5-10/h4-7,9,14H,8H2,1-3H3. The van der Waals surface area contributed by atoms with Gasteiger partial charge in [0.05, 0.1) is 5.60 Å². The summed E-state index contributed by atoms with van der Waals surface area (Å²) in [6.07, 6.45) is 0.786. The molecule has 0 aliphatic heterocycles. The smallest absolute Gasteiger partial charge is 0.0871 e. The number of hydrogen-bond acceptors (Lipinski definition) is 1. The number of halogens is 1. The maximum absolute atomic E-state index is 10.2. The number of hydrogen-bond donors (Lipinski definition) is 1. The van der Waals surface area contributed by atoms with Crippen LogP contribution in [0.3, 0.4) is 0 Å². The number of aliphatic hydroxyl groups is 1. The Balaban J connectivity index is 2.86. The minimum Gasteiger partial charge on any atom is -0.385 e. The molecular formula is C12H17BrO. The quantitative estimate of drug-likeness (QED) is 0.875. The zero-order valence-corrected chi connectivity index (χ0v) is 10.5. The fourth-order valence-corrected chi connectivity index (χ4v) is 1.99. The van der Waals surface area contributed by atoms with E-state index < -0.39 is 5.60 Å². The Morgan fingerprint density at radius 2 is 1.79 bits per heavy atom. The molecule has 0 aliphatic rings. The molecule has 1 rings (SSSR count). The Morgan fingerprint density at radius 1 is 1.29 bits per heavy atom. The largest absolute Gasteiger partial charge is 0.385 e. The first-order valence-corrected chi connectivity index (χ1v) is 5.69. The van der Waals surface area contributed by atoms with Gasteiger partial charge in [-0.2, -0.15) is 0 Å². The van der Waals surface area contributed by atoms with Gasteiger partial charge in [0.15, 0.2) is 0 Å². The SMILES string of the molecule is CC(C)CC(C)(O)c1ccc(Br)cc1. The van der Waals surface area contributed by atoms with Gasteiger partial charge in [-0.25, -0.2) is 0 Å². The summed E-state index contributed by atoms with van der Waals surface area (Å²) in [4.78, 5) is 0. The molecule has 14 heavy (non-hydrogen) atoms. The molecule has 0 spiro atoms. The van der Waals surface area contributed by atoms with Crippen molar-refractivity contribution in [2.45, 2.75) is 32.8 Å². The average Bonchev–Trinajstić information content (AvgIpc) is 2.02. The topological polar surface area (TPSA) is 20.2 Å². The van der Waals surface area contributed by atoms with E-state index in [1.54, 1.807) is 0 Å². The van der Waals surface area contributed by atoms with Gasteiger partial charge in [-0.1, -0.05) is 41.9 Å². The van der Waals surface area contributed by atoms with Crippen molar-refractivity contribution in [3.63, 3.8) is 0 Å². The minimum absolute atomic E-state index is 0.494. The molecule has 0 radical (unpaired) electrons. The van der Waals surface area contributed by atoms with Crippen molar-refractivity contribution in [1.82, 2.24) is 0 Å². The summed E-state index contributed by atoms with van der Waals surface area (Å²) in [5, 5.41) is 10.2. The van der Waals surface area contributed by atoms with Crippen LogP contribution in [0.15, 0.2) is 28.7 Å². The van der Waals surface area contributed by atoms with Gasteiger partial charge in [-0.3, -0.25) is 0 Å². The van der Waals surface area contributed by atoms with Gasteiger partial charge in [-0.15, -0.1) is 0 Å². The molecule has 0 fully saturated rings. The average molecular weight is 257 g/mol. The normalized spacial score (nSPS) is 15.6. The summed E-state index contributed by atoms with van der Waals surface area (Å²) in [7, 11) is 0. The van der Waals surface area contributed by atoms with Crippen molar-refractivity contribution >= 4 is 15.9 Å². The van der Waals surface area contributed by atoms with Gasteiger partial charge in [0.1, 0.15) is 0 Å². The molecule has 1 atom stereocenters. The fourth-order valence-electron chi connectivity index (χ4n) is 1.72. The molecule has 0 heterocycles. The molecule has 0 aliphatic carbocycles. The van der Waals surface area contributed by atoms with E-state index in [2.05, 4.69) is 29.8 Å². The molecule has 1 N–H and O–H groups in total. The lowest BCUT2D eigenvalue weighted by Gasteiger charge is -2.25. The summed E-state index contributed by atoms with van der Waals surface area (Å²) in [6, 6.07) is 7.85. The highest BCUT2D eigenvalue weighted by atomic mass is 79.9. The first kappa shape index (κ1) is 11.7. The molecular weight excluding hydrogens is 240 g/mol. The highest BCUT2D eigenvalue weighted by Crippen LogP contribution is 2.28. The van der Waals surface area contributed by atoms with Crippen molar-refractivity contribution in [3.8, 4) is 0 Å². The Kier molecular flexibility index (Phi) is 3.73. The minimum atomic E-state index is -0.713. The van der Waals surface area contributed by atoms with Crippen LogP contribution in [0.2, 0.25) is 0 Å². The van der Waals surface area contributed by atoms with Crippen molar-refractivity contribution in [3.05, 3.63) is 34.3 Å². The van der Waals surface area contributed by atoms with Gasteiger partial charge in [0.25, 0.3) is 0 Å². The summed E-state index contributed by atoms with van der Waals surface area (Å²) >= 11 is 3.38. The Morgan fingerprint density at radius 3 is 2.21 bits per heavy atom. The zero-order valence-electron chi connectivity index (χ0n) is 8.92. The predicted molar refractivity (Wildman–Crippen MR) is 63.2 cm³/mol. The maximum atomic E-state index is 10.2. The molecule has 1 aromatic carbocycles. The summed E-state index contributed by atoms with van der Waals surface area (Å²) in [6.45, 7) is 6.11. The molecule has 1 unspecified atom stereocenters. The van der Waals surface area contributed by atoms with E-state index in [0.29, 0.717) is 5.92 Å². The molecule has 0 bridgehead atoms. The third kappa shape index (κ3) is 3.10. The van der Waals surface area contributed by atoms with E-state index in [4.69, 9.17) is 0 Å². The number of rotatable bonds is 3. The van der Waals surface area contributed by atoms with Gasteiger partial charge in [0.2, 0.25) is 0 Å². The third-order valence-corrected chi connectivity index (χ3v) is 2.80. The molecule has 0 amide bonds. The van der Waals surface area contributed by atoms with Crippen molar-refractivity contribution < 1.29 is 5.11 Å². The Labute approximate surface area is 94.3 Å². The van der Waals surface area contributed by atoms with E-state index in [0.717, 1.165) is 16.5 Å². The first-order chi connectivity index (χ1) is 6.42. The lowest BCUT2D eigenvalue weighted by molar-refractivity contribution is 0.0348. The number of benzene rings is 1. The van der Waals surface area contributed by atoms with Crippen LogP contribution in [-0.4, -0.2) is 5.11 Å². The highest BCUT2D eigenvalue weighted by Gasteiger charge is 2.23. The highest BCUT2D eigenvalue weighted by molar-refractivity contribution is 9.10. The van der Waals surface area contributed by atoms with E-state index in [1.807, 2.05) is 31.2 Å².